The molecule has 0 aliphatic carbocycles. The monoisotopic (exact) mass is 282 g/mol. The molecule has 1 rings (SSSR count). The van der Waals surface area contributed by atoms with Crippen LogP contribution in [-0.4, -0.2) is 41.0 Å². The fraction of sp³-hybridized carbons (Fsp3) is 0.583. The molecular formula is C12H22N6O2. The maximum Gasteiger partial charge on any atom is 0.311 e. The van der Waals surface area contributed by atoms with Crippen molar-refractivity contribution < 1.29 is 4.92 Å². The van der Waals surface area contributed by atoms with Gasteiger partial charge in [0.1, 0.15) is 5.82 Å². The van der Waals surface area contributed by atoms with Crippen LogP contribution in [0.2, 0.25) is 0 Å². The molecule has 0 aliphatic heterocycles. The Morgan fingerprint density at radius 1 is 1.40 bits per heavy atom. The Kier molecular flexibility index (Phi) is 6.68. The van der Waals surface area contributed by atoms with Gasteiger partial charge in [-0.2, -0.15) is 0 Å². The molecule has 0 spiro atoms. The number of anilines is 2. The maximum atomic E-state index is 10.9. The lowest BCUT2D eigenvalue weighted by Gasteiger charge is -2.19. The van der Waals surface area contributed by atoms with Gasteiger partial charge in [-0.3, -0.25) is 10.1 Å². The summed E-state index contributed by atoms with van der Waals surface area (Å²) in [6, 6.07) is 2.85. The van der Waals surface area contributed by atoms with Gasteiger partial charge in [-0.1, -0.05) is 13.8 Å². The van der Waals surface area contributed by atoms with Crippen molar-refractivity contribution in [2.75, 3.05) is 36.9 Å². The van der Waals surface area contributed by atoms with Crippen LogP contribution in [0.25, 0.3) is 0 Å². The number of likely N-dealkylation sites (N-methyl/N-ethyl adjacent to an activating group) is 1. The molecular weight excluding hydrogens is 260 g/mol. The van der Waals surface area contributed by atoms with Crippen LogP contribution in [0.15, 0.2) is 12.1 Å². The van der Waals surface area contributed by atoms with Gasteiger partial charge in [-0.05, 0) is 25.6 Å². The van der Waals surface area contributed by atoms with E-state index in [1.807, 2.05) is 0 Å². The highest BCUT2D eigenvalue weighted by Crippen LogP contribution is 2.23. The Hall–Kier alpha value is -1.93. The minimum absolute atomic E-state index is 0.0532. The summed E-state index contributed by atoms with van der Waals surface area (Å²) in [6.45, 7) is 7.58. The first-order chi connectivity index (χ1) is 9.62. The summed E-state index contributed by atoms with van der Waals surface area (Å²) < 4.78 is 0. The van der Waals surface area contributed by atoms with Gasteiger partial charge in [0.25, 0.3) is 0 Å². The Labute approximate surface area is 118 Å². The summed E-state index contributed by atoms with van der Waals surface area (Å²) in [5, 5.41) is 13.9. The van der Waals surface area contributed by atoms with Crippen LogP contribution in [0.4, 0.5) is 17.3 Å². The number of nitrogens with two attached hydrogens (primary N) is 1. The van der Waals surface area contributed by atoms with Crippen LogP contribution in [0.3, 0.4) is 0 Å². The number of nitro groups is 1. The normalized spacial score (nSPS) is 10.6. The summed E-state index contributed by atoms with van der Waals surface area (Å²) in [4.78, 5) is 16.8. The van der Waals surface area contributed by atoms with Crippen molar-refractivity contribution in [1.82, 2.24) is 9.88 Å². The zero-order valence-corrected chi connectivity index (χ0v) is 11.9. The molecule has 4 N–H and O–H groups in total. The molecule has 20 heavy (non-hydrogen) atoms. The van der Waals surface area contributed by atoms with Gasteiger partial charge in [0.15, 0.2) is 0 Å². The lowest BCUT2D eigenvalue weighted by atomic mass is 10.3. The second kappa shape index (κ2) is 8.28. The van der Waals surface area contributed by atoms with Gasteiger partial charge in [0.2, 0.25) is 5.82 Å². The number of hydrogen-bond acceptors (Lipinski definition) is 7. The first-order valence-corrected chi connectivity index (χ1v) is 6.70. The summed E-state index contributed by atoms with van der Waals surface area (Å²) in [7, 11) is 0. The lowest BCUT2D eigenvalue weighted by molar-refractivity contribution is -0.384. The van der Waals surface area contributed by atoms with Gasteiger partial charge >= 0.3 is 5.69 Å². The van der Waals surface area contributed by atoms with E-state index >= 15 is 0 Å². The van der Waals surface area contributed by atoms with Gasteiger partial charge in [-0.25, -0.2) is 10.8 Å². The average Bonchev–Trinajstić information content (AvgIpc) is 2.45. The molecule has 1 heterocycles. The highest BCUT2D eigenvalue weighted by Gasteiger charge is 2.15. The summed E-state index contributed by atoms with van der Waals surface area (Å²) >= 11 is 0. The Balaban J connectivity index is 2.67. The van der Waals surface area contributed by atoms with E-state index in [0.717, 1.165) is 26.1 Å². The molecule has 0 bridgehead atoms. The first kappa shape index (κ1) is 16.1. The zero-order valence-electron chi connectivity index (χ0n) is 11.9. The molecule has 8 nitrogen and oxygen atoms in total. The minimum atomic E-state index is -0.459. The van der Waals surface area contributed by atoms with E-state index in [1.54, 1.807) is 0 Å². The Morgan fingerprint density at radius 3 is 2.70 bits per heavy atom. The van der Waals surface area contributed by atoms with Crippen LogP contribution in [0, 0.1) is 10.1 Å². The molecule has 0 unspecified atom stereocenters. The van der Waals surface area contributed by atoms with E-state index in [-0.39, 0.29) is 11.5 Å². The predicted octanol–water partition coefficient (Wildman–Crippen LogP) is 1.42. The van der Waals surface area contributed by atoms with Crippen molar-refractivity contribution >= 4 is 17.3 Å². The van der Waals surface area contributed by atoms with Crippen molar-refractivity contribution in [3.63, 3.8) is 0 Å². The third-order valence-electron chi connectivity index (χ3n) is 2.93. The summed E-state index contributed by atoms with van der Waals surface area (Å²) in [5.74, 6) is 5.89. The largest absolute Gasteiger partial charge is 0.363 e. The fourth-order valence-electron chi connectivity index (χ4n) is 1.89. The highest BCUT2D eigenvalue weighted by molar-refractivity contribution is 5.59. The molecule has 0 atom stereocenters. The van der Waals surface area contributed by atoms with E-state index in [2.05, 4.69) is 34.5 Å². The number of nitrogen functional groups attached to an aromatic ring is 1. The standard InChI is InChI=1S/C12H22N6O2/c1-3-8-17(4-2)9-7-14-12-10(18(19)20)5-6-11(15-12)16-13/h5-6H,3-4,7-9,13H2,1-2H3,(H2,14,15,16). The zero-order chi connectivity index (χ0) is 15.0. The van der Waals surface area contributed by atoms with E-state index in [1.165, 1.54) is 12.1 Å². The highest BCUT2D eigenvalue weighted by atomic mass is 16.6. The number of rotatable bonds is 9. The van der Waals surface area contributed by atoms with Gasteiger partial charge in [0, 0.05) is 19.2 Å². The number of aromatic nitrogens is 1. The molecule has 8 heteroatoms. The van der Waals surface area contributed by atoms with Gasteiger partial charge < -0.3 is 15.6 Å². The van der Waals surface area contributed by atoms with E-state index in [0.29, 0.717) is 12.4 Å². The topological polar surface area (TPSA) is 109 Å². The van der Waals surface area contributed by atoms with E-state index < -0.39 is 4.92 Å². The van der Waals surface area contributed by atoms with Crippen LogP contribution < -0.4 is 16.6 Å². The quantitative estimate of drug-likeness (QED) is 0.357. The maximum absolute atomic E-state index is 10.9. The van der Waals surface area contributed by atoms with E-state index in [4.69, 9.17) is 5.84 Å². The molecule has 0 aromatic carbocycles. The third kappa shape index (κ3) is 4.63. The predicted molar refractivity (Wildman–Crippen MR) is 79.6 cm³/mol. The molecule has 1 aromatic rings. The van der Waals surface area contributed by atoms with Crippen molar-refractivity contribution in [1.29, 1.82) is 0 Å². The van der Waals surface area contributed by atoms with Gasteiger partial charge in [-0.15, -0.1) is 0 Å². The number of nitrogens with one attached hydrogen (secondary N) is 2. The lowest BCUT2D eigenvalue weighted by Crippen LogP contribution is -2.30. The SMILES string of the molecule is CCCN(CC)CCNc1nc(NN)ccc1[N+](=O)[O-]. The molecule has 0 saturated carbocycles. The van der Waals surface area contributed by atoms with Crippen molar-refractivity contribution in [3.8, 4) is 0 Å². The smallest absolute Gasteiger partial charge is 0.311 e. The Morgan fingerprint density at radius 2 is 2.15 bits per heavy atom. The Bertz CT molecular complexity index is 440. The summed E-state index contributed by atoms with van der Waals surface area (Å²) in [6.07, 6.45) is 1.08. The molecule has 0 aliphatic rings. The van der Waals surface area contributed by atoms with Crippen molar-refractivity contribution in [3.05, 3.63) is 22.2 Å². The van der Waals surface area contributed by atoms with E-state index in [9.17, 15) is 10.1 Å². The second-order valence-corrected chi connectivity index (χ2v) is 4.33. The molecule has 112 valence electrons. The second-order valence-electron chi connectivity index (χ2n) is 4.33. The molecule has 1 aromatic heterocycles. The van der Waals surface area contributed by atoms with Crippen molar-refractivity contribution in [2.24, 2.45) is 5.84 Å². The van der Waals surface area contributed by atoms with Crippen LogP contribution in [0.5, 0.6) is 0 Å². The molecule has 0 fully saturated rings. The molecule has 0 radical (unpaired) electrons. The molecule has 0 saturated heterocycles. The van der Waals surface area contributed by atoms with Gasteiger partial charge in [0.05, 0.1) is 4.92 Å². The molecule has 0 amide bonds. The third-order valence-corrected chi connectivity index (χ3v) is 2.93. The summed E-state index contributed by atoms with van der Waals surface area (Å²) in [5.41, 5.74) is 2.33. The van der Waals surface area contributed by atoms with Crippen LogP contribution in [-0.2, 0) is 0 Å². The fourth-order valence-corrected chi connectivity index (χ4v) is 1.89. The first-order valence-electron chi connectivity index (χ1n) is 6.70. The number of hydrazine groups is 1. The average molecular weight is 282 g/mol. The van der Waals surface area contributed by atoms with Crippen LogP contribution in [0.1, 0.15) is 20.3 Å². The van der Waals surface area contributed by atoms with Crippen molar-refractivity contribution in [2.45, 2.75) is 20.3 Å². The number of nitrogens with zero attached hydrogens (tertiary/aromatic N) is 3. The minimum Gasteiger partial charge on any atom is -0.363 e. The number of hydrogen-bond donors (Lipinski definition) is 3. The number of pyridine rings is 1. The van der Waals surface area contributed by atoms with Crippen LogP contribution >= 0.6 is 0 Å².